The van der Waals surface area contributed by atoms with Crippen LogP contribution < -0.4 is 0 Å². The van der Waals surface area contributed by atoms with Gasteiger partial charge >= 0.3 is 0 Å². The molecule has 0 saturated heterocycles. The van der Waals surface area contributed by atoms with E-state index in [2.05, 4.69) is 33.4 Å². The van der Waals surface area contributed by atoms with E-state index >= 15 is 0 Å². The first-order chi connectivity index (χ1) is 4.18. The molecule has 0 aromatic heterocycles. The first-order valence-electron chi connectivity index (χ1n) is 3.11. The van der Waals surface area contributed by atoms with Crippen LogP contribution in [0.3, 0.4) is 0 Å². The normalized spacial score (nSPS) is 9.67. The van der Waals surface area contributed by atoms with Gasteiger partial charge in [-0.1, -0.05) is 36.0 Å². The Hall–Kier alpha value is -0.780. The summed E-state index contributed by atoms with van der Waals surface area (Å²) in [4.78, 5) is 0. The van der Waals surface area contributed by atoms with Crippen molar-refractivity contribution in [2.45, 2.75) is 20.8 Å². The molecule has 9 heavy (non-hydrogen) atoms. The standard InChI is InChI=1S/C9H14/c1-5-6-7-9(4)8(2)3/h5-7H,1H2,2-4H3/b7-6-. The third-order valence-corrected chi connectivity index (χ3v) is 1.27. The first kappa shape index (κ1) is 8.22. The maximum atomic E-state index is 3.58. The van der Waals surface area contributed by atoms with E-state index < -0.39 is 0 Å². The molecule has 0 aromatic rings. The second-order valence-electron chi connectivity index (χ2n) is 2.28. The lowest BCUT2D eigenvalue weighted by Crippen LogP contribution is -1.71. The molecule has 0 aliphatic heterocycles. The van der Waals surface area contributed by atoms with Crippen LogP contribution in [0.15, 0.2) is 36.0 Å². The third kappa shape index (κ3) is 3.77. The van der Waals surface area contributed by atoms with Crippen molar-refractivity contribution in [3.8, 4) is 0 Å². The van der Waals surface area contributed by atoms with E-state index in [0.29, 0.717) is 0 Å². The maximum Gasteiger partial charge on any atom is -0.0398 e. The third-order valence-electron chi connectivity index (χ3n) is 1.27. The summed E-state index contributed by atoms with van der Waals surface area (Å²) in [5.74, 6) is 0. The van der Waals surface area contributed by atoms with E-state index in [1.54, 1.807) is 6.08 Å². The number of rotatable bonds is 2. The van der Waals surface area contributed by atoms with E-state index in [4.69, 9.17) is 0 Å². The highest BCUT2D eigenvalue weighted by atomic mass is 13.9. The highest BCUT2D eigenvalue weighted by molar-refractivity contribution is 5.23. The van der Waals surface area contributed by atoms with E-state index in [0.717, 1.165) is 0 Å². The van der Waals surface area contributed by atoms with Gasteiger partial charge in [0.2, 0.25) is 0 Å². The summed E-state index contributed by atoms with van der Waals surface area (Å²) in [5.41, 5.74) is 2.67. The molecule has 0 radical (unpaired) electrons. The minimum absolute atomic E-state index is 1.31. The SMILES string of the molecule is C=C/C=C\C(C)=C(C)C. The molecule has 0 bridgehead atoms. The summed E-state index contributed by atoms with van der Waals surface area (Å²) in [5, 5.41) is 0. The van der Waals surface area contributed by atoms with E-state index in [1.807, 2.05) is 6.08 Å². The van der Waals surface area contributed by atoms with Crippen LogP contribution in [-0.2, 0) is 0 Å². The Morgan fingerprint density at radius 2 is 1.78 bits per heavy atom. The van der Waals surface area contributed by atoms with Crippen LogP contribution in [0.2, 0.25) is 0 Å². The number of allylic oxidation sites excluding steroid dienone is 5. The zero-order valence-corrected chi connectivity index (χ0v) is 6.44. The molecule has 0 fully saturated rings. The van der Waals surface area contributed by atoms with Crippen LogP contribution in [0, 0.1) is 0 Å². The second-order valence-corrected chi connectivity index (χ2v) is 2.28. The van der Waals surface area contributed by atoms with Crippen LogP contribution in [0.1, 0.15) is 20.8 Å². The van der Waals surface area contributed by atoms with Crippen molar-refractivity contribution < 1.29 is 0 Å². The quantitative estimate of drug-likeness (QED) is 0.494. The van der Waals surface area contributed by atoms with Crippen molar-refractivity contribution in [3.63, 3.8) is 0 Å². The molecule has 0 rings (SSSR count). The Labute approximate surface area is 57.6 Å². The fourth-order valence-electron chi connectivity index (χ4n) is 0.379. The minimum atomic E-state index is 1.31. The Kier molecular flexibility index (Phi) is 3.78. The van der Waals surface area contributed by atoms with Gasteiger partial charge in [0.1, 0.15) is 0 Å². The molecule has 0 N–H and O–H groups in total. The molecule has 0 aliphatic carbocycles. The second kappa shape index (κ2) is 4.13. The van der Waals surface area contributed by atoms with Gasteiger partial charge < -0.3 is 0 Å². The molecule has 0 unspecified atom stereocenters. The van der Waals surface area contributed by atoms with E-state index in [-0.39, 0.29) is 0 Å². The topological polar surface area (TPSA) is 0 Å². The fourth-order valence-corrected chi connectivity index (χ4v) is 0.379. The molecule has 0 spiro atoms. The van der Waals surface area contributed by atoms with Gasteiger partial charge in [-0.2, -0.15) is 0 Å². The molecular formula is C9H14. The van der Waals surface area contributed by atoms with Crippen molar-refractivity contribution in [3.05, 3.63) is 36.0 Å². The lowest BCUT2D eigenvalue weighted by molar-refractivity contribution is 1.29. The summed E-state index contributed by atoms with van der Waals surface area (Å²) < 4.78 is 0. The van der Waals surface area contributed by atoms with Crippen molar-refractivity contribution >= 4 is 0 Å². The summed E-state index contributed by atoms with van der Waals surface area (Å²) in [6.07, 6.45) is 5.79. The summed E-state index contributed by atoms with van der Waals surface area (Å²) >= 11 is 0. The van der Waals surface area contributed by atoms with Crippen LogP contribution >= 0.6 is 0 Å². The number of hydrogen-bond acceptors (Lipinski definition) is 0. The maximum absolute atomic E-state index is 3.58. The molecule has 0 saturated carbocycles. The molecule has 0 heterocycles. The summed E-state index contributed by atoms with van der Waals surface area (Å²) in [6.45, 7) is 9.88. The molecule has 0 amide bonds. The highest BCUT2D eigenvalue weighted by Crippen LogP contribution is 2.02. The van der Waals surface area contributed by atoms with Gasteiger partial charge in [-0.05, 0) is 20.8 Å². The van der Waals surface area contributed by atoms with Crippen molar-refractivity contribution in [1.82, 2.24) is 0 Å². The Morgan fingerprint density at radius 3 is 2.11 bits per heavy atom. The zero-order chi connectivity index (χ0) is 7.28. The van der Waals surface area contributed by atoms with Crippen LogP contribution in [0.25, 0.3) is 0 Å². The van der Waals surface area contributed by atoms with Gasteiger partial charge in [0.25, 0.3) is 0 Å². The zero-order valence-electron chi connectivity index (χ0n) is 6.44. The van der Waals surface area contributed by atoms with E-state index in [9.17, 15) is 0 Å². The van der Waals surface area contributed by atoms with Gasteiger partial charge in [-0.25, -0.2) is 0 Å². The Bertz CT molecular complexity index is 143. The molecule has 0 aliphatic rings. The lowest BCUT2D eigenvalue weighted by Gasteiger charge is -1.92. The summed E-state index contributed by atoms with van der Waals surface area (Å²) in [7, 11) is 0. The Balaban J connectivity index is 4.06. The van der Waals surface area contributed by atoms with Crippen LogP contribution in [0.5, 0.6) is 0 Å². The van der Waals surface area contributed by atoms with Gasteiger partial charge in [-0.3, -0.25) is 0 Å². The molecule has 50 valence electrons. The lowest BCUT2D eigenvalue weighted by atomic mass is 10.2. The largest absolute Gasteiger partial charge is 0.0991 e. The average molecular weight is 122 g/mol. The molecular weight excluding hydrogens is 108 g/mol. The van der Waals surface area contributed by atoms with Crippen LogP contribution in [-0.4, -0.2) is 0 Å². The minimum Gasteiger partial charge on any atom is -0.0991 e. The Morgan fingerprint density at radius 1 is 1.22 bits per heavy atom. The predicted octanol–water partition coefficient (Wildman–Crippen LogP) is 3.08. The van der Waals surface area contributed by atoms with Gasteiger partial charge in [0, 0.05) is 0 Å². The van der Waals surface area contributed by atoms with E-state index in [1.165, 1.54) is 11.1 Å². The van der Waals surface area contributed by atoms with Crippen molar-refractivity contribution in [1.29, 1.82) is 0 Å². The predicted molar refractivity (Wildman–Crippen MR) is 43.4 cm³/mol. The van der Waals surface area contributed by atoms with Crippen LogP contribution in [0.4, 0.5) is 0 Å². The van der Waals surface area contributed by atoms with Gasteiger partial charge in [-0.15, -0.1) is 0 Å². The fraction of sp³-hybridized carbons (Fsp3) is 0.333. The average Bonchev–Trinajstić information content (AvgIpc) is 1.82. The number of hydrogen-bond donors (Lipinski definition) is 0. The molecule has 0 nitrogen and oxygen atoms in total. The first-order valence-corrected chi connectivity index (χ1v) is 3.11. The van der Waals surface area contributed by atoms with Gasteiger partial charge in [0.05, 0.1) is 0 Å². The molecule has 0 aromatic carbocycles. The summed E-state index contributed by atoms with van der Waals surface area (Å²) in [6, 6.07) is 0. The van der Waals surface area contributed by atoms with Crippen molar-refractivity contribution in [2.24, 2.45) is 0 Å². The smallest absolute Gasteiger partial charge is 0.0398 e. The monoisotopic (exact) mass is 122 g/mol. The highest BCUT2D eigenvalue weighted by Gasteiger charge is 1.81. The van der Waals surface area contributed by atoms with Gasteiger partial charge in [0.15, 0.2) is 0 Å². The molecule has 0 heteroatoms. The molecule has 0 atom stereocenters. The van der Waals surface area contributed by atoms with Crippen molar-refractivity contribution in [2.75, 3.05) is 0 Å².